The van der Waals surface area contributed by atoms with Crippen molar-refractivity contribution in [1.29, 1.82) is 0 Å². The Hall–Kier alpha value is -2.18. The molecule has 0 saturated carbocycles. The Balaban J connectivity index is 1.85. The van der Waals surface area contributed by atoms with Crippen molar-refractivity contribution in [3.63, 3.8) is 0 Å². The second kappa shape index (κ2) is 6.52. The minimum Gasteiger partial charge on any atom is -0.480 e. The fraction of sp³-hybridized carbons (Fsp3) is 0.0588. The van der Waals surface area contributed by atoms with Gasteiger partial charge in [-0.15, -0.1) is 11.3 Å². The quantitative estimate of drug-likeness (QED) is 0.676. The highest BCUT2D eigenvalue weighted by Gasteiger charge is 2.19. The molecule has 3 nitrogen and oxygen atoms in total. The largest absolute Gasteiger partial charge is 0.480 e. The summed E-state index contributed by atoms with van der Waals surface area (Å²) in [7, 11) is 0. The van der Waals surface area contributed by atoms with Crippen molar-refractivity contribution in [2.24, 2.45) is 0 Å². The molecule has 1 heterocycles. The number of halogens is 1. The second-order valence-corrected chi connectivity index (χ2v) is 6.47. The third-order valence-electron chi connectivity index (χ3n) is 3.34. The summed E-state index contributed by atoms with van der Waals surface area (Å²) in [6, 6.07) is 14.1. The molecule has 0 radical (unpaired) electrons. The molecule has 0 bridgehead atoms. The lowest BCUT2D eigenvalue weighted by Crippen LogP contribution is -2.03. The molecule has 6 heteroatoms. The molecule has 0 aliphatic rings. The van der Waals surface area contributed by atoms with Crippen molar-refractivity contribution in [3.05, 3.63) is 65.6 Å². The van der Waals surface area contributed by atoms with Gasteiger partial charge in [0.25, 0.3) is 0 Å². The first-order valence-electron chi connectivity index (χ1n) is 6.77. The van der Waals surface area contributed by atoms with Crippen LogP contribution in [0.25, 0.3) is 21.6 Å². The zero-order valence-corrected chi connectivity index (χ0v) is 13.5. The van der Waals surface area contributed by atoms with Gasteiger partial charge in [0.1, 0.15) is 10.8 Å². The number of hydrogen-bond donors (Lipinski definition) is 2. The fourth-order valence-corrected chi connectivity index (χ4v) is 3.25. The maximum absolute atomic E-state index is 13.0. The Labute approximate surface area is 141 Å². The lowest BCUT2D eigenvalue weighted by molar-refractivity contribution is -0.136. The standard InChI is InChI=1S/C17H12FNO2S2/c18-13-7-5-11(6-8-13)10-1-3-12(4-2-10)14-9-19-16(23-14)15(22)17(20)21/h1-9,15,22H,(H,20,21). The summed E-state index contributed by atoms with van der Waals surface area (Å²) < 4.78 is 13.0. The molecular formula is C17H12FNO2S2. The molecular weight excluding hydrogens is 333 g/mol. The van der Waals surface area contributed by atoms with E-state index in [9.17, 15) is 9.18 Å². The molecule has 2 aromatic carbocycles. The lowest BCUT2D eigenvalue weighted by Gasteiger charge is -2.03. The maximum Gasteiger partial charge on any atom is 0.323 e. The van der Waals surface area contributed by atoms with E-state index in [2.05, 4.69) is 17.6 Å². The van der Waals surface area contributed by atoms with Gasteiger partial charge in [0.05, 0.1) is 4.88 Å². The van der Waals surface area contributed by atoms with E-state index in [1.807, 2.05) is 24.3 Å². The van der Waals surface area contributed by atoms with E-state index < -0.39 is 11.2 Å². The molecule has 1 aromatic heterocycles. The number of hydrogen-bond acceptors (Lipinski definition) is 4. The maximum atomic E-state index is 13.0. The van der Waals surface area contributed by atoms with Crippen molar-refractivity contribution in [2.45, 2.75) is 5.25 Å². The van der Waals surface area contributed by atoms with Crippen molar-refractivity contribution >= 4 is 29.9 Å². The SMILES string of the molecule is O=C(O)C(S)c1ncc(-c2ccc(-c3ccc(F)cc3)cc2)s1. The molecule has 1 N–H and O–H groups in total. The lowest BCUT2D eigenvalue weighted by atomic mass is 10.0. The average Bonchev–Trinajstić information content (AvgIpc) is 3.05. The Morgan fingerprint density at radius 2 is 1.57 bits per heavy atom. The first-order chi connectivity index (χ1) is 11.0. The van der Waals surface area contributed by atoms with Gasteiger partial charge < -0.3 is 5.11 Å². The summed E-state index contributed by atoms with van der Waals surface area (Å²) >= 11 is 5.34. The third kappa shape index (κ3) is 3.43. The Morgan fingerprint density at radius 3 is 2.13 bits per heavy atom. The van der Waals surface area contributed by atoms with Crippen molar-refractivity contribution in [3.8, 4) is 21.6 Å². The van der Waals surface area contributed by atoms with Crippen LogP contribution in [0.5, 0.6) is 0 Å². The van der Waals surface area contributed by atoms with E-state index >= 15 is 0 Å². The number of rotatable bonds is 4. The third-order valence-corrected chi connectivity index (χ3v) is 5.09. The number of benzene rings is 2. The van der Waals surface area contributed by atoms with Crippen molar-refractivity contribution in [2.75, 3.05) is 0 Å². The molecule has 23 heavy (non-hydrogen) atoms. The van der Waals surface area contributed by atoms with Gasteiger partial charge in [0.2, 0.25) is 0 Å². The van der Waals surface area contributed by atoms with E-state index in [-0.39, 0.29) is 5.82 Å². The van der Waals surface area contributed by atoms with Gasteiger partial charge in [-0.25, -0.2) is 9.37 Å². The van der Waals surface area contributed by atoms with Crippen molar-refractivity contribution in [1.82, 2.24) is 4.98 Å². The van der Waals surface area contributed by atoms with Gasteiger partial charge in [-0.05, 0) is 28.8 Å². The van der Waals surface area contributed by atoms with Crippen LogP contribution in [0, 0.1) is 5.82 Å². The van der Waals surface area contributed by atoms with Gasteiger partial charge in [-0.3, -0.25) is 4.79 Å². The van der Waals surface area contributed by atoms with Crippen LogP contribution in [-0.2, 0) is 4.79 Å². The van der Waals surface area contributed by atoms with Gasteiger partial charge in [-0.2, -0.15) is 12.6 Å². The molecule has 0 amide bonds. The fourth-order valence-electron chi connectivity index (χ4n) is 2.12. The molecule has 0 aliphatic heterocycles. The smallest absolute Gasteiger partial charge is 0.323 e. The number of aliphatic carboxylic acids is 1. The molecule has 1 unspecified atom stereocenters. The Bertz CT molecular complexity index is 829. The first-order valence-corrected chi connectivity index (χ1v) is 8.11. The topological polar surface area (TPSA) is 50.2 Å². The molecule has 0 saturated heterocycles. The first kappa shape index (κ1) is 15.7. The normalized spacial score (nSPS) is 12.1. The second-order valence-electron chi connectivity index (χ2n) is 4.89. The molecule has 116 valence electrons. The summed E-state index contributed by atoms with van der Waals surface area (Å²) in [6.07, 6.45) is 1.65. The van der Waals surface area contributed by atoms with Crippen LogP contribution in [0.15, 0.2) is 54.7 Å². The number of thiazole rings is 1. The molecule has 3 aromatic rings. The predicted molar refractivity (Wildman–Crippen MR) is 92.3 cm³/mol. The molecule has 1 atom stereocenters. The summed E-state index contributed by atoms with van der Waals surface area (Å²) in [5.41, 5.74) is 2.87. The van der Waals surface area contributed by atoms with Crippen LogP contribution in [0.4, 0.5) is 4.39 Å². The number of thiol groups is 1. The van der Waals surface area contributed by atoms with Crippen LogP contribution in [-0.4, -0.2) is 16.1 Å². The van der Waals surface area contributed by atoms with Gasteiger partial charge in [0.15, 0.2) is 5.25 Å². The number of carbonyl (C=O) groups is 1. The summed E-state index contributed by atoms with van der Waals surface area (Å²) in [4.78, 5) is 15.9. The van der Waals surface area contributed by atoms with E-state index in [1.165, 1.54) is 23.5 Å². The molecule has 0 fully saturated rings. The zero-order valence-electron chi connectivity index (χ0n) is 11.8. The van der Waals surface area contributed by atoms with Crippen LogP contribution in [0.2, 0.25) is 0 Å². The van der Waals surface area contributed by atoms with Gasteiger partial charge in [-0.1, -0.05) is 36.4 Å². The van der Waals surface area contributed by atoms with E-state index in [4.69, 9.17) is 5.11 Å². The van der Waals surface area contributed by atoms with E-state index in [1.54, 1.807) is 18.3 Å². The van der Waals surface area contributed by atoms with E-state index in [0.717, 1.165) is 21.6 Å². The molecule has 0 spiro atoms. The minimum atomic E-state index is -1.01. The number of carboxylic acid groups (broad SMARTS) is 1. The van der Waals surface area contributed by atoms with Gasteiger partial charge >= 0.3 is 5.97 Å². The van der Waals surface area contributed by atoms with E-state index in [0.29, 0.717) is 5.01 Å². The number of nitrogens with zero attached hydrogens (tertiary/aromatic N) is 1. The average molecular weight is 345 g/mol. The van der Waals surface area contributed by atoms with Crippen LogP contribution < -0.4 is 0 Å². The summed E-state index contributed by atoms with van der Waals surface area (Å²) in [6.45, 7) is 0. The van der Waals surface area contributed by atoms with Crippen LogP contribution in [0.1, 0.15) is 10.3 Å². The van der Waals surface area contributed by atoms with Crippen molar-refractivity contribution < 1.29 is 14.3 Å². The summed E-state index contributed by atoms with van der Waals surface area (Å²) in [5, 5.41) is 8.51. The van der Waals surface area contributed by atoms with Crippen LogP contribution in [0.3, 0.4) is 0 Å². The highest BCUT2D eigenvalue weighted by molar-refractivity contribution is 7.81. The highest BCUT2D eigenvalue weighted by atomic mass is 32.1. The zero-order chi connectivity index (χ0) is 16.4. The molecule has 3 rings (SSSR count). The number of carboxylic acids is 1. The Kier molecular flexibility index (Phi) is 4.45. The predicted octanol–water partition coefficient (Wildman–Crippen LogP) is 4.67. The monoisotopic (exact) mass is 345 g/mol. The highest BCUT2D eigenvalue weighted by Crippen LogP contribution is 2.32. The molecule has 0 aliphatic carbocycles. The van der Waals surface area contributed by atoms with Gasteiger partial charge in [0, 0.05) is 6.20 Å². The minimum absolute atomic E-state index is 0.262. The number of aromatic nitrogens is 1. The summed E-state index contributed by atoms with van der Waals surface area (Å²) in [5.74, 6) is -1.27. The van der Waals surface area contributed by atoms with Crippen LogP contribution >= 0.6 is 24.0 Å². The Morgan fingerprint density at radius 1 is 1.04 bits per heavy atom.